The molecule has 0 aliphatic heterocycles. The number of nitrogens with two attached hydrogens (primary N) is 2. The standard InChI is InChI=1S/C12H9ClFN5O.C6H6BrN5/c1-19-11-6(4-16-12(15)17-11)9(18-19)5-2-7(13)10(20)8(14)3-5;1-12-5-3(4(7)11-12)2-9-6(8)10-5/h2-4,20H,1H3,(H2,15,16,17);2H,1H3,(H2,8,9,10). The fraction of sp³-hybridized carbons (Fsp3) is 0.111. The second-order valence-corrected chi connectivity index (χ2v) is 7.76. The van der Waals surface area contributed by atoms with Crippen LogP contribution in [0.15, 0.2) is 29.1 Å². The van der Waals surface area contributed by atoms with Crippen molar-refractivity contribution in [2.45, 2.75) is 0 Å². The summed E-state index contributed by atoms with van der Waals surface area (Å²) in [6.45, 7) is 0. The number of fused-ring (bicyclic) bond motifs is 2. The third-order valence-corrected chi connectivity index (χ3v) is 5.32. The first kappa shape index (κ1) is 21.6. The van der Waals surface area contributed by atoms with Gasteiger partial charge in [0.05, 0.1) is 15.8 Å². The summed E-state index contributed by atoms with van der Waals surface area (Å²) in [5.74, 6) is -1.02. The van der Waals surface area contributed by atoms with Crippen LogP contribution in [0.5, 0.6) is 5.75 Å². The summed E-state index contributed by atoms with van der Waals surface area (Å²) < 4.78 is 17.5. The number of hydrogen-bond donors (Lipinski definition) is 3. The minimum Gasteiger partial charge on any atom is -0.504 e. The van der Waals surface area contributed by atoms with Gasteiger partial charge in [-0.2, -0.15) is 20.2 Å². The van der Waals surface area contributed by atoms with E-state index < -0.39 is 11.6 Å². The largest absolute Gasteiger partial charge is 0.504 e. The smallest absolute Gasteiger partial charge is 0.222 e. The van der Waals surface area contributed by atoms with Crippen LogP contribution in [0.4, 0.5) is 16.3 Å². The zero-order valence-electron chi connectivity index (χ0n) is 16.6. The van der Waals surface area contributed by atoms with Crippen LogP contribution in [0.3, 0.4) is 0 Å². The summed E-state index contributed by atoms with van der Waals surface area (Å²) in [5.41, 5.74) is 13.1. The second kappa shape index (κ2) is 8.16. The molecule has 164 valence electrons. The molecule has 0 radical (unpaired) electrons. The van der Waals surface area contributed by atoms with Crippen LogP contribution in [0.2, 0.25) is 5.02 Å². The van der Waals surface area contributed by atoms with Crippen molar-refractivity contribution in [2.24, 2.45) is 14.1 Å². The van der Waals surface area contributed by atoms with E-state index in [1.54, 1.807) is 25.0 Å². The highest BCUT2D eigenvalue weighted by Gasteiger charge is 2.16. The van der Waals surface area contributed by atoms with Crippen molar-refractivity contribution in [3.05, 3.63) is 40.0 Å². The first-order chi connectivity index (χ1) is 15.2. The molecule has 14 heteroatoms. The lowest BCUT2D eigenvalue weighted by molar-refractivity contribution is 0.433. The minimum absolute atomic E-state index is 0.0878. The Morgan fingerprint density at radius 3 is 2.16 bits per heavy atom. The van der Waals surface area contributed by atoms with Crippen molar-refractivity contribution < 1.29 is 9.50 Å². The molecule has 5 rings (SSSR count). The molecule has 4 aromatic heterocycles. The summed E-state index contributed by atoms with van der Waals surface area (Å²) >= 11 is 9.07. The van der Waals surface area contributed by atoms with E-state index in [0.717, 1.165) is 21.7 Å². The van der Waals surface area contributed by atoms with Gasteiger partial charge in [-0.1, -0.05) is 11.6 Å². The maximum Gasteiger partial charge on any atom is 0.222 e. The number of aryl methyl sites for hydroxylation is 2. The van der Waals surface area contributed by atoms with E-state index in [9.17, 15) is 9.50 Å². The number of aromatic nitrogens is 8. The first-order valence-electron chi connectivity index (χ1n) is 8.90. The SMILES string of the molecule is Cn1nc(-c2cc(F)c(O)c(Cl)c2)c2cnc(N)nc21.Cn1nc(Br)c2cnc(N)nc21. The molecule has 4 heterocycles. The van der Waals surface area contributed by atoms with E-state index >= 15 is 0 Å². The average Bonchev–Trinajstić information content (AvgIpc) is 3.22. The predicted octanol–water partition coefficient (Wildman–Crippen LogP) is 2.82. The topological polar surface area (TPSA) is 159 Å². The number of halogens is 3. The number of rotatable bonds is 1. The summed E-state index contributed by atoms with van der Waals surface area (Å²) in [4.78, 5) is 15.9. The van der Waals surface area contributed by atoms with Gasteiger partial charge in [-0.15, -0.1) is 0 Å². The molecule has 5 aromatic rings. The van der Waals surface area contributed by atoms with E-state index in [-0.39, 0.29) is 16.9 Å². The maximum absolute atomic E-state index is 13.6. The number of anilines is 2. The van der Waals surface area contributed by atoms with Crippen molar-refractivity contribution in [3.63, 3.8) is 0 Å². The van der Waals surface area contributed by atoms with Crippen LogP contribution in [0.25, 0.3) is 33.3 Å². The summed E-state index contributed by atoms with van der Waals surface area (Å²) in [6.07, 6.45) is 3.16. The van der Waals surface area contributed by atoms with Crippen molar-refractivity contribution in [3.8, 4) is 17.0 Å². The Morgan fingerprint density at radius 2 is 1.53 bits per heavy atom. The number of aromatic hydroxyl groups is 1. The molecule has 0 aliphatic carbocycles. The van der Waals surface area contributed by atoms with Crippen molar-refractivity contribution in [1.82, 2.24) is 39.5 Å². The molecule has 0 amide bonds. The lowest BCUT2D eigenvalue weighted by Crippen LogP contribution is -1.97. The Balaban J connectivity index is 0.000000174. The highest BCUT2D eigenvalue weighted by molar-refractivity contribution is 9.10. The normalized spacial score (nSPS) is 11.0. The minimum atomic E-state index is -0.817. The highest BCUT2D eigenvalue weighted by Crippen LogP contribution is 2.34. The Bertz CT molecular complexity index is 1460. The highest BCUT2D eigenvalue weighted by atomic mass is 79.9. The Kier molecular flexibility index (Phi) is 5.52. The predicted molar refractivity (Wildman–Crippen MR) is 121 cm³/mol. The third-order valence-electron chi connectivity index (χ3n) is 4.44. The number of hydrogen-bond acceptors (Lipinski definition) is 9. The molecule has 0 fully saturated rings. The first-order valence-corrected chi connectivity index (χ1v) is 10.1. The third kappa shape index (κ3) is 3.87. The van der Waals surface area contributed by atoms with E-state index in [1.807, 2.05) is 0 Å². The number of benzene rings is 1. The van der Waals surface area contributed by atoms with Crippen LogP contribution >= 0.6 is 27.5 Å². The van der Waals surface area contributed by atoms with Gasteiger partial charge in [-0.05, 0) is 28.1 Å². The quantitative estimate of drug-likeness (QED) is 0.301. The van der Waals surface area contributed by atoms with Gasteiger partial charge in [-0.25, -0.2) is 23.7 Å². The lowest BCUT2D eigenvalue weighted by Gasteiger charge is -2.02. The van der Waals surface area contributed by atoms with Crippen molar-refractivity contribution in [1.29, 1.82) is 0 Å². The zero-order valence-corrected chi connectivity index (χ0v) is 19.0. The molecular weight excluding hydrogens is 507 g/mol. The van der Waals surface area contributed by atoms with Gasteiger partial charge in [0.2, 0.25) is 11.9 Å². The second-order valence-electron chi connectivity index (χ2n) is 6.61. The molecular formula is C18H15BrClFN10O. The molecule has 0 saturated carbocycles. The van der Waals surface area contributed by atoms with Crippen LogP contribution in [-0.2, 0) is 14.1 Å². The van der Waals surface area contributed by atoms with E-state index in [0.29, 0.717) is 22.3 Å². The fourth-order valence-corrected chi connectivity index (χ4v) is 3.70. The molecule has 5 N–H and O–H groups in total. The molecule has 0 saturated heterocycles. The Hall–Kier alpha value is -3.58. The van der Waals surface area contributed by atoms with Gasteiger partial charge in [0, 0.05) is 32.1 Å². The number of phenolic OH excluding ortho intramolecular Hbond substituents is 1. The van der Waals surface area contributed by atoms with Gasteiger partial charge >= 0.3 is 0 Å². The molecule has 0 bridgehead atoms. The van der Waals surface area contributed by atoms with Crippen molar-refractivity contribution >= 4 is 61.5 Å². The van der Waals surface area contributed by atoms with Gasteiger partial charge in [0.25, 0.3) is 0 Å². The Morgan fingerprint density at radius 1 is 0.969 bits per heavy atom. The molecule has 11 nitrogen and oxygen atoms in total. The summed E-state index contributed by atoms with van der Waals surface area (Å²) in [7, 11) is 3.50. The van der Waals surface area contributed by atoms with Crippen molar-refractivity contribution in [2.75, 3.05) is 11.5 Å². The van der Waals surface area contributed by atoms with Crippen LogP contribution < -0.4 is 11.5 Å². The van der Waals surface area contributed by atoms with Gasteiger partial charge in [0.15, 0.2) is 22.9 Å². The van der Waals surface area contributed by atoms with Crippen LogP contribution in [0, 0.1) is 5.82 Å². The van der Waals surface area contributed by atoms with E-state index in [2.05, 4.69) is 46.1 Å². The van der Waals surface area contributed by atoms with E-state index in [4.69, 9.17) is 23.1 Å². The Labute approximate surface area is 193 Å². The zero-order chi connectivity index (χ0) is 23.2. The number of nitrogen functional groups attached to an aromatic ring is 2. The molecule has 0 spiro atoms. The van der Waals surface area contributed by atoms with Gasteiger partial charge in [-0.3, -0.25) is 0 Å². The van der Waals surface area contributed by atoms with Crippen LogP contribution in [0.1, 0.15) is 0 Å². The molecule has 1 aromatic carbocycles. The number of nitrogens with zero attached hydrogens (tertiary/aromatic N) is 8. The molecule has 32 heavy (non-hydrogen) atoms. The average molecular weight is 522 g/mol. The van der Waals surface area contributed by atoms with Crippen LogP contribution in [-0.4, -0.2) is 44.6 Å². The maximum atomic E-state index is 13.6. The van der Waals surface area contributed by atoms with E-state index in [1.165, 1.54) is 16.9 Å². The fourth-order valence-electron chi connectivity index (χ4n) is 2.98. The number of phenols is 1. The monoisotopic (exact) mass is 520 g/mol. The lowest BCUT2D eigenvalue weighted by atomic mass is 10.1. The molecule has 0 unspecified atom stereocenters. The summed E-state index contributed by atoms with van der Waals surface area (Å²) in [6, 6.07) is 2.58. The molecule has 0 atom stereocenters. The van der Waals surface area contributed by atoms with Gasteiger partial charge in [0.1, 0.15) is 10.3 Å². The molecule has 0 aliphatic rings. The summed E-state index contributed by atoms with van der Waals surface area (Å²) in [5, 5.41) is 19.1. The van der Waals surface area contributed by atoms with Gasteiger partial charge < -0.3 is 16.6 Å².